The van der Waals surface area contributed by atoms with Gasteiger partial charge in [-0.15, -0.1) is 5.10 Å². The Kier molecular flexibility index (Phi) is 2.79. The molecule has 0 atom stereocenters. The Labute approximate surface area is 96.1 Å². The Morgan fingerprint density at radius 2 is 2.35 bits per heavy atom. The number of benzene rings is 1. The molecule has 0 aliphatic carbocycles. The van der Waals surface area contributed by atoms with Crippen molar-refractivity contribution in [1.82, 2.24) is 20.2 Å². The Morgan fingerprint density at radius 3 is 2.94 bits per heavy atom. The van der Waals surface area contributed by atoms with Crippen LogP contribution in [-0.2, 0) is 11.2 Å². The summed E-state index contributed by atoms with van der Waals surface area (Å²) in [4.78, 5) is 13.9. The third-order valence-corrected chi connectivity index (χ3v) is 2.14. The van der Waals surface area contributed by atoms with Crippen molar-refractivity contribution in [2.45, 2.75) is 6.42 Å². The van der Waals surface area contributed by atoms with Crippen LogP contribution in [0.15, 0.2) is 24.5 Å². The molecule has 84 valence electrons. The number of hydrogen-bond acceptors (Lipinski definition) is 4. The van der Waals surface area contributed by atoms with Crippen molar-refractivity contribution in [2.24, 2.45) is 0 Å². The number of nitrogens with zero attached hydrogens (tertiary/aromatic N) is 5. The fourth-order valence-electron chi connectivity index (χ4n) is 1.39. The maximum atomic E-state index is 10.6. The van der Waals surface area contributed by atoms with Crippen molar-refractivity contribution in [3.63, 3.8) is 0 Å². The number of aliphatic carboxylic acids is 1. The highest BCUT2D eigenvalue weighted by atomic mass is 16.4. The molecule has 0 spiro atoms. The van der Waals surface area contributed by atoms with Crippen LogP contribution in [0.4, 0.5) is 5.69 Å². The van der Waals surface area contributed by atoms with Crippen molar-refractivity contribution in [3.05, 3.63) is 41.5 Å². The van der Waals surface area contributed by atoms with Crippen molar-refractivity contribution < 1.29 is 9.90 Å². The molecule has 0 fully saturated rings. The summed E-state index contributed by atoms with van der Waals surface area (Å²) in [6.45, 7) is 7.02. The SMILES string of the molecule is [C-]#[N+]c1cc(-n2cnnn2)ccc1CC(=O)O. The van der Waals surface area contributed by atoms with Crippen LogP contribution in [0.25, 0.3) is 10.5 Å². The van der Waals surface area contributed by atoms with Crippen LogP contribution in [0.2, 0.25) is 0 Å². The van der Waals surface area contributed by atoms with Crippen LogP contribution < -0.4 is 0 Å². The van der Waals surface area contributed by atoms with Gasteiger partial charge in [-0.1, -0.05) is 6.07 Å². The maximum absolute atomic E-state index is 10.6. The summed E-state index contributed by atoms with van der Waals surface area (Å²) in [7, 11) is 0. The van der Waals surface area contributed by atoms with Gasteiger partial charge in [0.1, 0.15) is 6.33 Å². The zero-order valence-electron chi connectivity index (χ0n) is 8.61. The van der Waals surface area contributed by atoms with E-state index in [9.17, 15) is 4.79 Å². The Bertz CT molecular complexity index is 585. The largest absolute Gasteiger partial charge is 0.481 e. The van der Waals surface area contributed by atoms with Gasteiger partial charge in [0.2, 0.25) is 0 Å². The van der Waals surface area contributed by atoms with Gasteiger partial charge in [0, 0.05) is 0 Å². The lowest BCUT2D eigenvalue weighted by Crippen LogP contribution is -2.01. The lowest BCUT2D eigenvalue weighted by atomic mass is 10.1. The van der Waals surface area contributed by atoms with Crippen LogP contribution in [0.1, 0.15) is 5.56 Å². The van der Waals surface area contributed by atoms with E-state index in [2.05, 4.69) is 20.4 Å². The molecule has 0 aliphatic rings. The van der Waals surface area contributed by atoms with Crippen LogP contribution >= 0.6 is 0 Å². The lowest BCUT2D eigenvalue weighted by Gasteiger charge is -2.04. The van der Waals surface area contributed by atoms with Crippen LogP contribution in [0, 0.1) is 6.57 Å². The van der Waals surface area contributed by atoms with E-state index < -0.39 is 5.97 Å². The fraction of sp³-hybridized carbons (Fsp3) is 0.100. The van der Waals surface area contributed by atoms with Crippen molar-refractivity contribution in [1.29, 1.82) is 0 Å². The first-order valence-electron chi connectivity index (χ1n) is 4.66. The predicted octanol–water partition coefficient (Wildman–Crippen LogP) is 0.840. The molecule has 1 N–H and O–H groups in total. The molecule has 0 bridgehead atoms. The second-order valence-corrected chi connectivity index (χ2v) is 3.25. The monoisotopic (exact) mass is 229 g/mol. The average molecular weight is 229 g/mol. The molecule has 7 heteroatoms. The molecule has 7 nitrogen and oxygen atoms in total. The highest BCUT2D eigenvalue weighted by molar-refractivity contribution is 5.74. The summed E-state index contributed by atoms with van der Waals surface area (Å²) < 4.78 is 1.40. The summed E-state index contributed by atoms with van der Waals surface area (Å²) in [5.41, 5.74) is 1.39. The third kappa shape index (κ3) is 2.26. The van der Waals surface area contributed by atoms with Crippen LogP contribution in [-0.4, -0.2) is 31.3 Å². The smallest absolute Gasteiger partial charge is 0.306 e. The minimum atomic E-state index is -0.968. The molecule has 1 aromatic heterocycles. The second-order valence-electron chi connectivity index (χ2n) is 3.25. The predicted molar refractivity (Wildman–Crippen MR) is 56.8 cm³/mol. The van der Waals surface area contributed by atoms with Gasteiger partial charge in [0.15, 0.2) is 5.69 Å². The van der Waals surface area contributed by atoms with Crippen LogP contribution in [0.3, 0.4) is 0 Å². The summed E-state index contributed by atoms with van der Waals surface area (Å²) in [6, 6.07) is 4.82. The molecule has 0 unspecified atom stereocenters. The van der Waals surface area contributed by atoms with Crippen LogP contribution in [0.5, 0.6) is 0 Å². The highest BCUT2D eigenvalue weighted by Gasteiger charge is 2.09. The quantitative estimate of drug-likeness (QED) is 0.788. The van der Waals surface area contributed by atoms with Gasteiger partial charge in [-0.25, -0.2) is 9.53 Å². The summed E-state index contributed by atoms with van der Waals surface area (Å²) in [6.07, 6.45) is 1.23. The number of carbonyl (C=O) groups is 1. The summed E-state index contributed by atoms with van der Waals surface area (Å²) in [5.74, 6) is -0.968. The molecule has 17 heavy (non-hydrogen) atoms. The number of carboxylic acids is 1. The molecule has 0 radical (unpaired) electrons. The molecule has 0 saturated carbocycles. The molecule has 0 saturated heterocycles. The van der Waals surface area contributed by atoms with E-state index in [1.807, 2.05) is 0 Å². The van der Waals surface area contributed by atoms with Gasteiger partial charge in [-0.05, 0) is 28.1 Å². The maximum Gasteiger partial charge on any atom is 0.306 e. The number of rotatable bonds is 3. The lowest BCUT2D eigenvalue weighted by molar-refractivity contribution is -0.136. The second kappa shape index (κ2) is 4.40. The fourth-order valence-corrected chi connectivity index (χ4v) is 1.39. The van der Waals surface area contributed by atoms with E-state index >= 15 is 0 Å². The highest BCUT2D eigenvalue weighted by Crippen LogP contribution is 2.23. The number of tetrazole rings is 1. The standard InChI is InChI=1S/C10H7N5O2/c1-11-9-5-8(15-6-12-13-14-15)3-2-7(9)4-10(16)17/h2-3,5-6H,4H2,(H,16,17). The molecule has 2 rings (SSSR count). The number of aromatic nitrogens is 4. The van der Waals surface area contributed by atoms with E-state index in [4.69, 9.17) is 11.7 Å². The molecular formula is C10H7N5O2. The van der Waals surface area contributed by atoms with Gasteiger partial charge in [-0.3, -0.25) is 4.79 Å². The first-order valence-corrected chi connectivity index (χ1v) is 4.66. The van der Waals surface area contributed by atoms with E-state index in [1.54, 1.807) is 18.2 Å². The van der Waals surface area contributed by atoms with E-state index in [0.717, 1.165) is 0 Å². The third-order valence-electron chi connectivity index (χ3n) is 2.14. The molecule has 0 amide bonds. The van der Waals surface area contributed by atoms with Crippen molar-refractivity contribution >= 4 is 11.7 Å². The van der Waals surface area contributed by atoms with Gasteiger partial charge in [-0.2, -0.15) is 0 Å². The molecule has 1 heterocycles. The first kappa shape index (κ1) is 10.8. The Morgan fingerprint density at radius 1 is 1.53 bits per heavy atom. The molecule has 1 aromatic carbocycles. The number of carboxylic acid groups (broad SMARTS) is 1. The average Bonchev–Trinajstić information content (AvgIpc) is 2.82. The summed E-state index contributed by atoms with van der Waals surface area (Å²) >= 11 is 0. The van der Waals surface area contributed by atoms with E-state index in [-0.39, 0.29) is 6.42 Å². The van der Waals surface area contributed by atoms with Crippen molar-refractivity contribution in [2.75, 3.05) is 0 Å². The normalized spacial score (nSPS) is 9.82. The zero-order chi connectivity index (χ0) is 12.3. The minimum absolute atomic E-state index is 0.173. The summed E-state index contributed by atoms with van der Waals surface area (Å²) in [5, 5.41) is 19.4. The zero-order valence-corrected chi connectivity index (χ0v) is 8.61. The molecular weight excluding hydrogens is 222 g/mol. The first-order chi connectivity index (χ1) is 8.20. The van der Waals surface area contributed by atoms with Gasteiger partial charge < -0.3 is 5.11 Å². The number of hydrogen-bond donors (Lipinski definition) is 1. The van der Waals surface area contributed by atoms with Gasteiger partial charge in [0.05, 0.1) is 18.7 Å². The van der Waals surface area contributed by atoms with E-state index in [1.165, 1.54) is 11.0 Å². The minimum Gasteiger partial charge on any atom is -0.481 e. The van der Waals surface area contributed by atoms with E-state index in [0.29, 0.717) is 16.9 Å². The van der Waals surface area contributed by atoms with Gasteiger partial charge in [0.25, 0.3) is 0 Å². The Hall–Kier alpha value is -2.75. The van der Waals surface area contributed by atoms with Crippen molar-refractivity contribution in [3.8, 4) is 5.69 Å². The molecule has 2 aromatic rings. The molecule has 0 aliphatic heterocycles. The van der Waals surface area contributed by atoms with Gasteiger partial charge >= 0.3 is 5.97 Å². The topological polar surface area (TPSA) is 85.3 Å². The Balaban J connectivity index is 2.42.